The molecule has 0 saturated carbocycles. The highest BCUT2D eigenvalue weighted by Crippen LogP contribution is 2.20. The van der Waals surface area contributed by atoms with Crippen molar-refractivity contribution in [3.05, 3.63) is 35.7 Å². The summed E-state index contributed by atoms with van der Waals surface area (Å²) in [7, 11) is 0. The standard InChI is InChI=1S/C10H5N3O3/c14-9-7-8(10(15)13(9)16)12-6-4-2-1-3-5(6)11-7/h1-4,16H. The number of fused-ring (bicyclic) bond motifs is 2. The molecule has 1 N–H and O–H groups in total. The lowest BCUT2D eigenvalue weighted by Gasteiger charge is -1.98. The maximum atomic E-state index is 11.4. The van der Waals surface area contributed by atoms with Crippen molar-refractivity contribution < 1.29 is 14.8 Å². The first-order chi connectivity index (χ1) is 7.68. The van der Waals surface area contributed by atoms with E-state index in [-0.39, 0.29) is 16.5 Å². The summed E-state index contributed by atoms with van der Waals surface area (Å²) in [6.45, 7) is 0. The zero-order valence-electron chi connectivity index (χ0n) is 7.91. The van der Waals surface area contributed by atoms with Crippen molar-refractivity contribution in [3.63, 3.8) is 0 Å². The van der Waals surface area contributed by atoms with Crippen LogP contribution < -0.4 is 0 Å². The number of hydroxylamine groups is 2. The van der Waals surface area contributed by atoms with Crippen LogP contribution in [0, 0.1) is 0 Å². The van der Waals surface area contributed by atoms with Gasteiger partial charge in [-0.3, -0.25) is 14.8 Å². The number of rotatable bonds is 0. The third-order valence-corrected chi connectivity index (χ3v) is 2.36. The van der Waals surface area contributed by atoms with E-state index in [1.54, 1.807) is 24.3 Å². The van der Waals surface area contributed by atoms with Crippen molar-refractivity contribution in [1.82, 2.24) is 15.0 Å². The number of carbonyl (C=O) groups is 2. The van der Waals surface area contributed by atoms with Crippen LogP contribution in [0.25, 0.3) is 11.0 Å². The molecule has 1 aromatic heterocycles. The van der Waals surface area contributed by atoms with Crippen molar-refractivity contribution in [2.75, 3.05) is 0 Å². The summed E-state index contributed by atoms with van der Waals surface area (Å²) in [4.78, 5) is 30.8. The molecule has 0 aliphatic carbocycles. The summed E-state index contributed by atoms with van der Waals surface area (Å²) in [6.07, 6.45) is 0. The summed E-state index contributed by atoms with van der Waals surface area (Å²) in [5, 5.41) is 9.18. The lowest BCUT2D eigenvalue weighted by atomic mass is 10.2. The van der Waals surface area contributed by atoms with Gasteiger partial charge in [0.2, 0.25) is 0 Å². The van der Waals surface area contributed by atoms with Gasteiger partial charge >= 0.3 is 11.8 Å². The second-order valence-electron chi connectivity index (χ2n) is 3.33. The van der Waals surface area contributed by atoms with Gasteiger partial charge in [-0.1, -0.05) is 12.1 Å². The number of amides is 2. The van der Waals surface area contributed by atoms with Crippen molar-refractivity contribution >= 4 is 22.8 Å². The van der Waals surface area contributed by atoms with E-state index in [0.29, 0.717) is 11.0 Å². The molecule has 6 heteroatoms. The van der Waals surface area contributed by atoms with Gasteiger partial charge in [-0.25, -0.2) is 9.97 Å². The highest BCUT2D eigenvalue weighted by atomic mass is 16.5. The largest absolute Gasteiger partial charge is 0.305 e. The molecule has 0 spiro atoms. The van der Waals surface area contributed by atoms with E-state index >= 15 is 0 Å². The van der Waals surface area contributed by atoms with Crippen LogP contribution in [0.15, 0.2) is 24.3 Å². The topological polar surface area (TPSA) is 83.4 Å². The van der Waals surface area contributed by atoms with Gasteiger partial charge < -0.3 is 0 Å². The number of hydrogen-bond donors (Lipinski definition) is 1. The molecule has 6 nitrogen and oxygen atoms in total. The molecule has 0 fully saturated rings. The number of carbonyl (C=O) groups excluding carboxylic acids is 2. The van der Waals surface area contributed by atoms with E-state index in [4.69, 9.17) is 5.21 Å². The molecule has 0 saturated heterocycles. The number of para-hydroxylation sites is 2. The van der Waals surface area contributed by atoms with Crippen LogP contribution in [0.5, 0.6) is 0 Å². The first kappa shape index (κ1) is 8.93. The molecule has 2 aromatic rings. The number of hydrogen-bond acceptors (Lipinski definition) is 5. The van der Waals surface area contributed by atoms with Crippen molar-refractivity contribution in [1.29, 1.82) is 0 Å². The average molecular weight is 215 g/mol. The third kappa shape index (κ3) is 0.986. The molecule has 3 rings (SSSR count). The quantitative estimate of drug-likeness (QED) is 0.514. The Kier molecular flexibility index (Phi) is 1.58. The maximum absolute atomic E-state index is 11.4. The minimum atomic E-state index is -0.835. The molecule has 0 unspecified atom stereocenters. The van der Waals surface area contributed by atoms with Gasteiger partial charge in [0.25, 0.3) is 0 Å². The van der Waals surface area contributed by atoms with E-state index in [2.05, 4.69) is 9.97 Å². The highest BCUT2D eigenvalue weighted by molar-refractivity contribution is 6.19. The van der Waals surface area contributed by atoms with E-state index < -0.39 is 11.8 Å². The van der Waals surface area contributed by atoms with Gasteiger partial charge in [0.05, 0.1) is 11.0 Å². The van der Waals surface area contributed by atoms with Gasteiger partial charge in [-0.05, 0) is 12.1 Å². The second-order valence-corrected chi connectivity index (χ2v) is 3.33. The number of benzene rings is 1. The normalized spacial score (nSPS) is 14.7. The predicted molar refractivity (Wildman–Crippen MR) is 51.8 cm³/mol. The maximum Gasteiger partial charge on any atom is 0.305 e. The Bertz CT molecular complexity index is 584. The van der Waals surface area contributed by atoms with Crippen LogP contribution in [-0.2, 0) is 0 Å². The van der Waals surface area contributed by atoms with Gasteiger partial charge in [-0.15, -0.1) is 5.06 Å². The van der Waals surface area contributed by atoms with E-state index in [9.17, 15) is 9.59 Å². The molecule has 1 aliphatic rings. The highest BCUT2D eigenvalue weighted by Gasteiger charge is 2.38. The Labute approximate surface area is 89.1 Å². The Morgan fingerprint density at radius 3 is 1.81 bits per heavy atom. The van der Waals surface area contributed by atoms with Gasteiger partial charge in [-0.2, -0.15) is 0 Å². The number of aromatic nitrogens is 2. The molecule has 0 atom stereocenters. The number of nitrogens with zero attached hydrogens (tertiary/aromatic N) is 3. The first-order valence-corrected chi connectivity index (χ1v) is 4.53. The minimum absolute atomic E-state index is 0.0313. The number of imide groups is 1. The van der Waals surface area contributed by atoms with E-state index in [1.807, 2.05) is 0 Å². The average Bonchev–Trinajstić information content (AvgIpc) is 2.52. The SMILES string of the molecule is O=C1c2nc3ccccc3nc2C(=O)N1O. The van der Waals surface area contributed by atoms with Crippen LogP contribution in [0.1, 0.15) is 21.0 Å². The van der Waals surface area contributed by atoms with Crippen LogP contribution in [0.3, 0.4) is 0 Å². The monoisotopic (exact) mass is 215 g/mol. The van der Waals surface area contributed by atoms with Crippen molar-refractivity contribution in [2.45, 2.75) is 0 Å². The van der Waals surface area contributed by atoms with Crippen LogP contribution in [-0.4, -0.2) is 32.1 Å². The lowest BCUT2D eigenvalue weighted by molar-refractivity contribution is -0.0330. The fraction of sp³-hybridized carbons (Fsp3) is 0. The Morgan fingerprint density at radius 2 is 1.38 bits per heavy atom. The van der Waals surface area contributed by atoms with Crippen LogP contribution in [0.2, 0.25) is 0 Å². The van der Waals surface area contributed by atoms with Gasteiger partial charge in [0, 0.05) is 0 Å². The molecular weight excluding hydrogens is 210 g/mol. The predicted octanol–water partition coefficient (Wildman–Crippen LogP) is 0.615. The van der Waals surface area contributed by atoms with E-state index in [0.717, 1.165) is 0 Å². The van der Waals surface area contributed by atoms with Gasteiger partial charge in [0.15, 0.2) is 11.4 Å². The molecule has 2 amide bonds. The molecule has 0 radical (unpaired) electrons. The van der Waals surface area contributed by atoms with Crippen LogP contribution >= 0.6 is 0 Å². The summed E-state index contributed by atoms with van der Waals surface area (Å²) in [5.41, 5.74) is 0.813. The van der Waals surface area contributed by atoms with E-state index in [1.165, 1.54) is 0 Å². The lowest BCUT2D eigenvalue weighted by Crippen LogP contribution is -2.25. The van der Waals surface area contributed by atoms with Crippen molar-refractivity contribution in [3.8, 4) is 0 Å². The Balaban J connectivity index is 2.38. The van der Waals surface area contributed by atoms with Gasteiger partial charge in [0.1, 0.15) is 0 Å². The molecule has 0 bridgehead atoms. The molecular formula is C10H5N3O3. The summed E-state index contributed by atoms with van der Waals surface area (Å²) in [6, 6.07) is 6.86. The fourth-order valence-corrected chi connectivity index (χ4v) is 1.59. The van der Waals surface area contributed by atoms with Crippen LogP contribution in [0.4, 0.5) is 0 Å². The molecule has 1 aliphatic heterocycles. The molecule has 78 valence electrons. The Morgan fingerprint density at radius 1 is 0.938 bits per heavy atom. The first-order valence-electron chi connectivity index (χ1n) is 4.53. The summed E-state index contributed by atoms with van der Waals surface area (Å²) >= 11 is 0. The minimum Gasteiger partial charge on any atom is -0.278 e. The third-order valence-electron chi connectivity index (χ3n) is 2.36. The Hall–Kier alpha value is -2.34. The fourth-order valence-electron chi connectivity index (χ4n) is 1.59. The second kappa shape index (κ2) is 2.83. The molecule has 2 heterocycles. The summed E-state index contributed by atoms with van der Waals surface area (Å²) in [5.74, 6) is -1.67. The zero-order valence-corrected chi connectivity index (χ0v) is 7.91. The molecule has 1 aromatic carbocycles. The zero-order chi connectivity index (χ0) is 11.3. The summed E-state index contributed by atoms with van der Waals surface area (Å²) < 4.78 is 0. The van der Waals surface area contributed by atoms with Crippen molar-refractivity contribution in [2.24, 2.45) is 0 Å². The molecule has 16 heavy (non-hydrogen) atoms. The smallest absolute Gasteiger partial charge is 0.278 e.